The summed E-state index contributed by atoms with van der Waals surface area (Å²) < 4.78 is 7.91. The second-order valence-corrected chi connectivity index (χ2v) is 12.3. The third-order valence-corrected chi connectivity index (χ3v) is 5.75. The molecule has 0 bridgehead atoms. The zero-order valence-corrected chi connectivity index (χ0v) is 15.7. The quantitative estimate of drug-likeness (QED) is 0.411. The van der Waals surface area contributed by atoms with Crippen LogP contribution in [0.5, 0.6) is 0 Å². The van der Waals surface area contributed by atoms with Crippen molar-refractivity contribution < 1.29 is 4.43 Å². The van der Waals surface area contributed by atoms with Gasteiger partial charge in [-0.25, -0.2) is 0 Å². The highest BCUT2D eigenvalue weighted by atomic mass is 127. The Labute approximate surface area is 128 Å². The minimum atomic E-state index is -1.53. The van der Waals surface area contributed by atoms with Crippen LogP contribution in [0.25, 0.3) is 0 Å². The first kappa shape index (κ1) is 16.7. The van der Waals surface area contributed by atoms with Gasteiger partial charge >= 0.3 is 0 Å². The maximum absolute atomic E-state index is 6.67. The predicted octanol–water partition coefficient (Wildman–Crippen LogP) is 5.91. The Morgan fingerprint density at radius 3 is 2.56 bits per heavy atom. The van der Waals surface area contributed by atoms with Gasteiger partial charge in [0, 0.05) is 3.58 Å². The number of halogens is 1. The van der Waals surface area contributed by atoms with E-state index in [-0.39, 0.29) is 5.60 Å². The van der Waals surface area contributed by atoms with Gasteiger partial charge in [-0.15, -0.1) is 0 Å². The first-order chi connectivity index (χ1) is 8.32. The molecule has 0 amide bonds. The van der Waals surface area contributed by atoms with Crippen molar-refractivity contribution in [1.82, 2.24) is 0 Å². The van der Waals surface area contributed by atoms with Crippen LogP contribution >= 0.6 is 22.6 Å². The molecular weight excluding hydrogens is 351 g/mol. The Hall–Kier alpha value is 0.647. The zero-order valence-electron chi connectivity index (χ0n) is 12.5. The molecule has 0 spiro atoms. The van der Waals surface area contributed by atoms with E-state index in [1.54, 1.807) is 0 Å². The highest BCUT2D eigenvalue weighted by molar-refractivity contribution is 14.1. The summed E-state index contributed by atoms with van der Waals surface area (Å²) in [6.07, 6.45) is 9.10. The van der Waals surface area contributed by atoms with E-state index in [9.17, 15) is 0 Å². The van der Waals surface area contributed by atoms with Crippen LogP contribution in [0.1, 0.15) is 51.9 Å². The van der Waals surface area contributed by atoms with Crippen molar-refractivity contribution in [3.63, 3.8) is 0 Å². The van der Waals surface area contributed by atoms with E-state index in [1.165, 1.54) is 48.5 Å². The summed E-state index contributed by atoms with van der Waals surface area (Å²) in [6.45, 7) is 13.5. The van der Waals surface area contributed by atoms with Gasteiger partial charge in [0.2, 0.25) is 0 Å². The molecule has 0 aromatic carbocycles. The highest BCUT2D eigenvalue weighted by Gasteiger charge is 2.45. The topological polar surface area (TPSA) is 9.23 Å². The Morgan fingerprint density at radius 1 is 1.39 bits per heavy atom. The monoisotopic (exact) mass is 380 g/mol. The molecule has 1 aliphatic carbocycles. The molecule has 1 fully saturated rings. The second kappa shape index (κ2) is 6.89. The fourth-order valence-corrected chi connectivity index (χ4v) is 5.65. The molecule has 2 atom stereocenters. The lowest BCUT2D eigenvalue weighted by Gasteiger charge is -2.47. The number of rotatable bonds is 6. The van der Waals surface area contributed by atoms with Crippen molar-refractivity contribution in [3.8, 4) is 0 Å². The minimum Gasteiger partial charge on any atom is -0.407 e. The third-order valence-electron chi connectivity index (χ3n) is 3.86. The van der Waals surface area contributed by atoms with E-state index >= 15 is 0 Å². The van der Waals surface area contributed by atoms with Crippen LogP contribution in [0.2, 0.25) is 19.6 Å². The molecule has 1 rings (SSSR count). The fourth-order valence-electron chi connectivity index (χ4n) is 3.14. The van der Waals surface area contributed by atoms with E-state index in [1.807, 2.05) is 0 Å². The lowest BCUT2D eigenvalue weighted by atomic mass is 9.73. The van der Waals surface area contributed by atoms with Crippen LogP contribution in [0.15, 0.2) is 10.2 Å². The first-order valence-corrected chi connectivity index (χ1v) is 11.9. The van der Waals surface area contributed by atoms with Gasteiger partial charge < -0.3 is 4.43 Å². The van der Waals surface area contributed by atoms with Crippen molar-refractivity contribution in [2.24, 2.45) is 5.92 Å². The molecule has 1 saturated carbocycles. The summed E-state index contributed by atoms with van der Waals surface area (Å²) in [6, 6.07) is 0. The first-order valence-electron chi connectivity index (χ1n) is 7.37. The number of hydrogen-bond acceptors (Lipinski definition) is 1. The average Bonchev–Trinajstić information content (AvgIpc) is 2.25. The maximum atomic E-state index is 6.67. The molecule has 106 valence electrons. The van der Waals surface area contributed by atoms with Gasteiger partial charge in [0.1, 0.15) is 0 Å². The van der Waals surface area contributed by atoms with Gasteiger partial charge in [-0.3, -0.25) is 0 Å². The predicted molar refractivity (Wildman–Crippen MR) is 91.8 cm³/mol. The fraction of sp³-hybridized carbons (Fsp3) is 0.867. The molecule has 1 aliphatic rings. The zero-order chi connectivity index (χ0) is 13.8. The van der Waals surface area contributed by atoms with Crippen molar-refractivity contribution in [2.45, 2.75) is 77.1 Å². The summed E-state index contributed by atoms with van der Waals surface area (Å²) in [5, 5.41) is 0. The van der Waals surface area contributed by atoms with Gasteiger partial charge in [0.15, 0.2) is 8.32 Å². The lowest BCUT2D eigenvalue weighted by molar-refractivity contribution is 0.00615. The summed E-state index contributed by atoms with van der Waals surface area (Å²) in [4.78, 5) is 0. The van der Waals surface area contributed by atoms with Gasteiger partial charge in [0.05, 0.1) is 5.60 Å². The van der Waals surface area contributed by atoms with E-state index in [4.69, 9.17) is 4.43 Å². The van der Waals surface area contributed by atoms with Gasteiger partial charge in [0.25, 0.3) is 0 Å². The van der Waals surface area contributed by atoms with Crippen molar-refractivity contribution in [1.29, 1.82) is 0 Å². The van der Waals surface area contributed by atoms with Crippen LogP contribution in [-0.4, -0.2) is 13.9 Å². The minimum absolute atomic E-state index is 0.0154. The molecule has 1 nitrogen and oxygen atoms in total. The van der Waals surface area contributed by atoms with Crippen LogP contribution in [0.4, 0.5) is 0 Å². The molecule has 3 heteroatoms. The Morgan fingerprint density at radius 2 is 2.06 bits per heavy atom. The number of hydrogen-bond donors (Lipinski definition) is 0. The number of unbranched alkanes of at least 4 members (excludes halogenated alkanes) is 1. The molecule has 0 aromatic heterocycles. The largest absolute Gasteiger partial charge is 0.407 e. The van der Waals surface area contributed by atoms with Gasteiger partial charge in [-0.2, -0.15) is 0 Å². The molecular formula is C15H29IOSi. The molecule has 18 heavy (non-hydrogen) atoms. The Balaban J connectivity index is 2.92. The molecule has 0 saturated heterocycles. The maximum Gasteiger partial charge on any atom is 0.185 e. The van der Waals surface area contributed by atoms with Crippen LogP contribution in [0.3, 0.4) is 0 Å². The van der Waals surface area contributed by atoms with E-state index in [0.717, 1.165) is 0 Å². The molecule has 0 heterocycles. The SMILES string of the molecule is C=C(I)C1(O[Si](C)(C)C)CCCCC1CCCC. The third kappa shape index (κ3) is 4.34. The summed E-state index contributed by atoms with van der Waals surface area (Å²) >= 11 is 2.42. The van der Waals surface area contributed by atoms with Crippen molar-refractivity contribution >= 4 is 30.9 Å². The highest BCUT2D eigenvalue weighted by Crippen LogP contribution is 2.47. The Kier molecular flexibility index (Phi) is 6.39. The second-order valence-electron chi connectivity index (χ2n) is 6.59. The molecule has 2 unspecified atom stereocenters. The van der Waals surface area contributed by atoms with Gasteiger partial charge in [-0.05, 0) is 67.4 Å². The average molecular weight is 380 g/mol. The Bertz CT molecular complexity index is 285. The summed E-state index contributed by atoms with van der Waals surface area (Å²) in [7, 11) is -1.53. The van der Waals surface area contributed by atoms with Crippen LogP contribution in [0, 0.1) is 5.92 Å². The van der Waals surface area contributed by atoms with Crippen LogP contribution < -0.4 is 0 Å². The standard InChI is InChI=1S/C15H29IOSi/c1-6-7-10-14-11-8-9-12-15(14,13(2)16)17-18(3,4)5/h14H,2,6-12H2,1,3-5H3. The summed E-state index contributed by atoms with van der Waals surface area (Å²) in [5.74, 6) is 0.697. The van der Waals surface area contributed by atoms with E-state index in [2.05, 4.69) is 55.7 Å². The van der Waals surface area contributed by atoms with E-state index < -0.39 is 8.32 Å². The van der Waals surface area contributed by atoms with Crippen molar-refractivity contribution in [3.05, 3.63) is 10.2 Å². The summed E-state index contributed by atoms with van der Waals surface area (Å²) in [5.41, 5.74) is -0.0154. The van der Waals surface area contributed by atoms with Crippen molar-refractivity contribution in [2.75, 3.05) is 0 Å². The molecule has 0 radical (unpaired) electrons. The molecule has 0 N–H and O–H groups in total. The molecule has 0 aliphatic heterocycles. The van der Waals surface area contributed by atoms with Crippen LogP contribution in [-0.2, 0) is 4.43 Å². The lowest BCUT2D eigenvalue weighted by Crippen LogP contribution is -2.50. The van der Waals surface area contributed by atoms with Gasteiger partial charge in [-0.1, -0.05) is 39.2 Å². The molecule has 0 aromatic rings. The smallest absolute Gasteiger partial charge is 0.185 e. The normalized spacial score (nSPS) is 29.3. The van der Waals surface area contributed by atoms with E-state index in [0.29, 0.717) is 5.92 Å².